The summed E-state index contributed by atoms with van der Waals surface area (Å²) in [4.78, 5) is 12.3. The van der Waals surface area contributed by atoms with E-state index in [1.165, 1.54) is 5.56 Å². The zero-order chi connectivity index (χ0) is 16.0. The quantitative estimate of drug-likeness (QED) is 0.843. The molecule has 1 rings (SSSR count). The molecule has 4 nitrogen and oxygen atoms in total. The second kappa shape index (κ2) is 9.13. The fraction of sp³-hybridized carbons (Fsp3) is 0.588. The molecule has 0 saturated carbocycles. The van der Waals surface area contributed by atoms with Crippen LogP contribution in [0, 0.1) is 12.3 Å². The highest BCUT2D eigenvalue weighted by molar-refractivity contribution is 5.85. The summed E-state index contributed by atoms with van der Waals surface area (Å²) in [5.74, 6) is -0.0320. The van der Waals surface area contributed by atoms with Gasteiger partial charge in [-0.2, -0.15) is 0 Å². The van der Waals surface area contributed by atoms with E-state index >= 15 is 0 Å². The summed E-state index contributed by atoms with van der Waals surface area (Å²) in [6.07, 6.45) is 0.0494. The SMILES string of the molecule is COC(CN)CC(=O)NC(c1ccccc1C)C(C)(C)C.Cl. The smallest absolute Gasteiger partial charge is 0.223 e. The zero-order valence-electron chi connectivity index (χ0n) is 14.2. The number of amides is 1. The molecule has 0 spiro atoms. The predicted molar refractivity (Wildman–Crippen MR) is 93.2 cm³/mol. The van der Waals surface area contributed by atoms with Gasteiger partial charge in [0.2, 0.25) is 5.91 Å². The molecule has 0 heterocycles. The molecule has 2 unspecified atom stereocenters. The molecular weight excluding hydrogens is 300 g/mol. The van der Waals surface area contributed by atoms with E-state index in [9.17, 15) is 4.79 Å². The van der Waals surface area contributed by atoms with Gasteiger partial charge in [0.05, 0.1) is 18.6 Å². The van der Waals surface area contributed by atoms with Gasteiger partial charge < -0.3 is 15.8 Å². The van der Waals surface area contributed by atoms with Crippen molar-refractivity contribution in [2.24, 2.45) is 11.1 Å². The van der Waals surface area contributed by atoms with Crippen molar-refractivity contribution in [2.45, 2.75) is 46.3 Å². The van der Waals surface area contributed by atoms with Crippen molar-refractivity contribution < 1.29 is 9.53 Å². The Morgan fingerprint density at radius 3 is 2.36 bits per heavy atom. The first-order chi connectivity index (χ1) is 9.79. The zero-order valence-corrected chi connectivity index (χ0v) is 15.0. The lowest BCUT2D eigenvalue weighted by atomic mass is 9.80. The van der Waals surface area contributed by atoms with Gasteiger partial charge in [-0.05, 0) is 23.5 Å². The molecule has 1 aromatic rings. The van der Waals surface area contributed by atoms with Gasteiger partial charge in [-0.25, -0.2) is 0 Å². The van der Waals surface area contributed by atoms with Crippen LogP contribution in [0.2, 0.25) is 0 Å². The number of aryl methyl sites for hydroxylation is 1. The molecule has 3 N–H and O–H groups in total. The third-order valence-corrected chi connectivity index (χ3v) is 3.68. The molecule has 1 amide bonds. The molecule has 0 aliphatic carbocycles. The standard InChI is InChI=1S/C17H28N2O2.ClH/c1-12-8-6-7-9-14(12)16(17(2,3)4)19-15(20)10-13(11-18)21-5;/h6-9,13,16H,10-11,18H2,1-5H3,(H,19,20);1H. The van der Waals surface area contributed by atoms with E-state index in [1.807, 2.05) is 12.1 Å². The minimum Gasteiger partial charge on any atom is -0.380 e. The summed E-state index contributed by atoms with van der Waals surface area (Å²) >= 11 is 0. The summed E-state index contributed by atoms with van der Waals surface area (Å²) < 4.78 is 5.18. The number of rotatable bonds is 6. The van der Waals surface area contributed by atoms with Gasteiger partial charge in [-0.1, -0.05) is 45.0 Å². The number of benzene rings is 1. The van der Waals surface area contributed by atoms with Gasteiger partial charge in [-0.15, -0.1) is 12.4 Å². The largest absolute Gasteiger partial charge is 0.380 e. The first kappa shape index (κ1) is 20.9. The summed E-state index contributed by atoms with van der Waals surface area (Å²) in [6.45, 7) is 8.79. The summed E-state index contributed by atoms with van der Waals surface area (Å²) in [5, 5.41) is 3.14. The van der Waals surface area contributed by atoms with Crippen LogP contribution in [0.1, 0.15) is 44.4 Å². The Hall–Kier alpha value is -1.10. The number of nitrogens with one attached hydrogen (secondary N) is 1. The lowest BCUT2D eigenvalue weighted by Gasteiger charge is -2.33. The van der Waals surface area contributed by atoms with Gasteiger partial charge in [-0.3, -0.25) is 4.79 Å². The van der Waals surface area contributed by atoms with E-state index in [0.29, 0.717) is 6.54 Å². The minimum absolute atomic E-state index is 0. The Morgan fingerprint density at radius 2 is 1.91 bits per heavy atom. The van der Waals surface area contributed by atoms with E-state index in [1.54, 1.807) is 7.11 Å². The maximum atomic E-state index is 12.3. The van der Waals surface area contributed by atoms with Gasteiger partial charge in [0.1, 0.15) is 0 Å². The molecule has 0 radical (unpaired) electrons. The Bertz CT molecular complexity index is 468. The molecule has 22 heavy (non-hydrogen) atoms. The second-order valence-electron chi connectivity index (χ2n) is 6.52. The summed E-state index contributed by atoms with van der Waals surface area (Å²) in [5.41, 5.74) is 7.84. The Morgan fingerprint density at radius 1 is 1.32 bits per heavy atom. The van der Waals surface area contributed by atoms with Gasteiger partial charge >= 0.3 is 0 Å². The van der Waals surface area contributed by atoms with E-state index in [2.05, 4.69) is 45.1 Å². The van der Waals surface area contributed by atoms with Crippen molar-refractivity contribution in [3.63, 3.8) is 0 Å². The normalized spacial score (nSPS) is 13.9. The van der Waals surface area contributed by atoms with Crippen molar-refractivity contribution in [2.75, 3.05) is 13.7 Å². The van der Waals surface area contributed by atoms with Crippen LogP contribution in [0.3, 0.4) is 0 Å². The van der Waals surface area contributed by atoms with Crippen LogP contribution in [0.25, 0.3) is 0 Å². The molecule has 5 heteroatoms. The fourth-order valence-electron chi connectivity index (χ4n) is 2.36. The molecule has 0 aliphatic rings. The average Bonchev–Trinajstić information content (AvgIpc) is 2.42. The van der Waals surface area contributed by atoms with E-state index in [0.717, 1.165) is 5.56 Å². The lowest BCUT2D eigenvalue weighted by Crippen LogP contribution is -2.39. The molecule has 0 bridgehead atoms. The number of methoxy groups -OCH3 is 1. The maximum Gasteiger partial charge on any atom is 0.223 e. The van der Waals surface area contributed by atoms with Crippen LogP contribution in [0.5, 0.6) is 0 Å². The molecular formula is C17H29ClN2O2. The summed E-state index contributed by atoms with van der Waals surface area (Å²) in [6, 6.07) is 8.11. The first-order valence-electron chi connectivity index (χ1n) is 7.37. The lowest BCUT2D eigenvalue weighted by molar-refractivity contribution is -0.125. The molecule has 0 saturated heterocycles. The number of hydrogen-bond donors (Lipinski definition) is 2. The van der Waals surface area contributed by atoms with Gasteiger partial charge in [0, 0.05) is 13.7 Å². The molecule has 126 valence electrons. The topological polar surface area (TPSA) is 64.3 Å². The van der Waals surface area contributed by atoms with Crippen LogP contribution in [0.4, 0.5) is 0 Å². The molecule has 0 aromatic heterocycles. The number of nitrogens with two attached hydrogens (primary N) is 1. The molecule has 0 fully saturated rings. The van der Waals surface area contributed by atoms with Crippen LogP contribution < -0.4 is 11.1 Å². The number of halogens is 1. The first-order valence-corrected chi connectivity index (χ1v) is 7.37. The van der Waals surface area contributed by atoms with Crippen molar-refractivity contribution in [3.05, 3.63) is 35.4 Å². The van der Waals surface area contributed by atoms with Crippen LogP contribution in [-0.4, -0.2) is 25.7 Å². The van der Waals surface area contributed by atoms with Crippen molar-refractivity contribution in [1.29, 1.82) is 0 Å². The van der Waals surface area contributed by atoms with Crippen molar-refractivity contribution in [1.82, 2.24) is 5.32 Å². The Labute approximate surface area is 140 Å². The number of carbonyl (C=O) groups excluding carboxylic acids is 1. The Balaban J connectivity index is 0.00000441. The highest BCUT2D eigenvalue weighted by Crippen LogP contribution is 2.34. The van der Waals surface area contributed by atoms with Crippen LogP contribution >= 0.6 is 12.4 Å². The number of hydrogen-bond acceptors (Lipinski definition) is 3. The minimum atomic E-state index is -0.234. The molecule has 2 atom stereocenters. The highest BCUT2D eigenvalue weighted by atomic mass is 35.5. The third-order valence-electron chi connectivity index (χ3n) is 3.68. The van der Waals surface area contributed by atoms with Gasteiger partial charge in [0.15, 0.2) is 0 Å². The van der Waals surface area contributed by atoms with Crippen molar-refractivity contribution >= 4 is 18.3 Å². The van der Waals surface area contributed by atoms with Crippen LogP contribution in [0.15, 0.2) is 24.3 Å². The van der Waals surface area contributed by atoms with E-state index < -0.39 is 0 Å². The second-order valence-corrected chi connectivity index (χ2v) is 6.52. The van der Waals surface area contributed by atoms with E-state index in [-0.39, 0.29) is 42.3 Å². The van der Waals surface area contributed by atoms with Gasteiger partial charge in [0.25, 0.3) is 0 Å². The number of ether oxygens (including phenoxy) is 1. The predicted octanol–water partition coefficient (Wildman–Crippen LogP) is 2.98. The monoisotopic (exact) mass is 328 g/mol. The highest BCUT2D eigenvalue weighted by Gasteiger charge is 2.29. The van der Waals surface area contributed by atoms with Crippen molar-refractivity contribution in [3.8, 4) is 0 Å². The maximum absolute atomic E-state index is 12.3. The van der Waals surface area contributed by atoms with E-state index in [4.69, 9.17) is 10.5 Å². The van der Waals surface area contributed by atoms with Crippen LogP contribution in [-0.2, 0) is 9.53 Å². The third kappa shape index (κ3) is 5.95. The number of carbonyl (C=O) groups is 1. The molecule has 1 aromatic carbocycles. The molecule has 0 aliphatic heterocycles. The summed E-state index contributed by atoms with van der Waals surface area (Å²) in [7, 11) is 1.58. The average molecular weight is 329 g/mol. The Kier molecular flexibility index (Phi) is 8.68. The fourth-order valence-corrected chi connectivity index (χ4v) is 2.36.